The summed E-state index contributed by atoms with van der Waals surface area (Å²) in [6.45, 7) is 2.04. The normalized spacial score (nSPS) is 10.5. The fraction of sp³-hybridized carbons (Fsp3) is 0.222. The van der Waals surface area contributed by atoms with Crippen molar-refractivity contribution in [3.63, 3.8) is 0 Å². The van der Waals surface area contributed by atoms with Gasteiger partial charge >= 0.3 is 0 Å². The van der Waals surface area contributed by atoms with Crippen molar-refractivity contribution >= 4 is 17.3 Å². The minimum absolute atomic E-state index is 0. The van der Waals surface area contributed by atoms with Crippen molar-refractivity contribution in [3.8, 4) is 0 Å². The van der Waals surface area contributed by atoms with E-state index in [0.29, 0.717) is 11.1 Å². The highest BCUT2D eigenvalue weighted by molar-refractivity contribution is 5.94. The van der Waals surface area contributed by atoms with Crippen LogP contribution >= 0.6 is 0 Å². The molecule has 4 nitrogen and oxygen atoms in total. The summed E-state index contributed by atoms with van der Waals surface area (Å²) < 4.78 is 0. The molecule has 1 N–H and O–H groups in total. The number of nitrogens with zero attached hydrogens (tertiary/aromatic N) is 2. The molecular formula is C9H11N3O. The summed E-state index contributed by atoms with van der Waals surface area (Å²) in [5.41, 5.74) is 3.10. The number of carbonyl (C=O) groups excluding carboxylic acids is 1. The SMILES string of the molecule is CCc1cc(C=O)c2n[nH]nc2c1.[HH]. The molecule has 0 aliphatic heterocycles. The average Bonchev–Trinajstić information content (AvgIpc) is 2.63. The fourth-order valence-corrected chi connectivity index (χ4v) is 1.33. The summed E-state index contributed by atoms with van der Waals surface area (Å²) in [5, 5.41) is 10.3. The lowest BCUT2D eigenvalue weighted by Gasteiger charge is -1.97. The maximum Gasteiger partial charge on any atom is 0.152 e. The number of benzene rings is 1. The number of rotatable bonds is 2. The minimum Gasteiger partial charge on any atom is -0.298 e. The lowest BCUT2D eigenvalue weighted by Crippen LogP contribution is -1.87. The number of aromatic nitrogens is 3. The van der Waals surface area contributed by atoms with Crippen LogP contribution in [0.5, 0.6) is 0 Å². The number of H-pyrrole nitrogens is 1. The second-order valence-electron chi connectivity index (χ2n) is 2.85. The summed E-state index contributed by atoms with van der Waals surface area (Å²) in [6, 6.07) is 3.78. The first kappa shape index (κ1) is 7.91. The van der Waals surface area contributed by atoms with Crippen LogP contribution in [0.4, 0.5) is 0 Å². The Morgan fingerprint density at radius 2 is 2.38 bits per heavy atom. The maximum atomic E-state index is 10.7. The predicted molar refractivity (Wildman–Crippen MR) is 50.8 cm³/mol. The monoisotopic (exact) mass is 177 g/mol. The van der Waals surface area contributed by atoms with Crippen LogP contribution in [-0.2, 0) is 6.42 Å². The molecule has 1 aromatic carbocycles. The smallest absolute Gasteiger partial charge is 0.152 e. The number of aldehydes is 1. The van der Waals surface area contributed by atoms with Gasteiger partial charge in [0.1, 0.15) is 11.0 Å². The zero-order valence-electron chi connectivity index (χ0n) is 7.24. The van der Waals surface area contributed by atoms with E-state index in [2.05, 4.69) is 15.4 Å². The van der Waals surface area contributed by atoms with Crippen molar-refractivity contribution in [3.05, 3.63) is 23.3 Å². The van der Waals surface area contributed by atoms with E-state index in [1.165, 1.54) is 0 Å². The highest BCUT2D eigenvalue weighted by atomic mass is 16.1. The van der Waals surface area contributed by atoms with Gasteiger partial charge in [-0.15, -0.1) is 0 Å². The largest absolute Gasteiger partial charge is 0.298 e. The third-order valence-electron chi connectivity index (χ3n) is 2.05. The molecule has 0 radical (unpaired) electrons. The second-order valence-corrected chi connectivity index (χ2v) is 2.85. The molecule has 2 rings (SSSR count). The quantitative estimate of drug-likeness (QED) is 0.708. The number of carbonyl (C=O) groups is 1. The Bertz CT molecular complexity index is 452. The molecule has 0 saturated carbocycles. The maximum absolute atomic E-state index is 10.7. The lowest BCUT2D eigenvalue weighted by molar-refractivity contribution is 0.112. The Labute approximate surface area is 76.4 Å². The van der Waals surface area contributed by atoms with Gasteiger partial charge in [0, 0.05) is 6.99 Å². The first-order valence-electron chi connectivity index (χ1n) is 4.13. The highest BCUT2D eigenvalue weighted by Crippen LogP contribution is 2.15. The Morgan fingerprint density at radius 3 is 3.08 bits per heavy atom. The first-order chi connectivity index (χ1) is 6.35. The van der Waals surface area contributed by atoms with Gasteiger partial charge in [0.2, 0.25) is 0 Å². The summed E-state index contributed by atoms with van der Waals surface area (Å²) in [6.07, 6.45) is 1.70. The fourth-order valence-electron chi connectivity index (χ4n) is 1.33. The van der Waals surface area contributed by atoms with Crippen LogP contribution in [0.1, 0.15) is 24.3 Å². The molecule has 0 spiro atoms. The van der Waals surface area contributed by atoms with Crippen molar-refractivity contribution in [2.45, 2.75) is 13.3 Å². The molecule has 0 saturated heterocycles. The summed E-state index contributed by atoms with van der Waals surface area (Å²) in [5.74, 6) is 0. The second kappa shape index (κ2) is 2.97. The van der Waals surface area contributed by atoms with Gasteiger partial charge in [-0.1, -0.05) is 6.92 Å². The Morgan fingerprint density at radius 1 is 1.54 bits per heavy atom. The molecule has 1 heterocycles. The van der Waals surface area contributed by atoms with E-state index in [1.54, 1.807) is 0 Å². The van der Waals surface area contributed by atoms with Gasteiger partial charge in [0.05, 0.1) is 0 Å². The van der Waals surface area contributed by atoms with Gasteiger partial charge in [-0.3, -0.25) is 4.79 Å². The third kappa shape index (κ3) is 1.20. The van der Waals surface area contributed by atoms with Crippen LogP contribution in [0.15, 0.2) is 12.1 Å². The lowest BCUT2D eigenvalue weighted by atomic mass is 10.1. The molecule has 4 heteroatoms. The Balaban J connectivity index is 0.000000980. The van der Waals surface area contributed by atoms with Crippen LogP contribution in [-0.4, -0.2) is 21.7 Å². The average molecular weight is 177 g/mol. The standard InChI is InChI=1S/C9H9N3O.H2/c1-2-6-3-7(5-13)9-8(4-6)10-12-11-9;/h3-5H,2H2,1H3,(H,10,11,12);1H. The molecule has 0 fully saturated rings. The number of aromatic amines is 1. The molecule has 0 aliphatic rings. The van der Waals surface area contributed by atoms with Gasteiger partial charge < -0.3 is 0 Å². The molecule has 2 aromatic rings. The highest BCUT2D eigenvalue weighted by Gasteiger charge is 2.05. The van der Waals surface area contributed by atoms with Crippen molar-refractivity contribution in [1.82, 2.24) is 15.4 Å². The molecule has 68 valence electrons. The summed E-state index contributed by atoms with van der Waals surface area (Å²) >= 11 is 0. The van der Waals surface area contributed by atoms with Crippen LogP contribution < -0.4 is 0 Å². The van der Waals surface area contributed by atoms with E-state index in [9.17, 15) is 4.79 Å². The van der Waals surface area contributed by atoms with E-state index in [-0.39, 0.29) is 1.43 Å². The van der Waals surface area contributed by atoms with E-state index in [4.69, 9.17) is 0 Å². The van der Waals surface area contributed by atoms with E-state index < -0.39 is 0 Å². The van der Waals surface area contributed by atoms with Crippen molar-refractivity contribution in [2.24, 2.45) is 0 Å². The molecule has 0 amide bonds. The van der Waals surface area contributed by atoms with Crippen molar-refractivity contribution < 1.29 is 6.22 Å². The number of hydrogen-bond acceptors (Lipinski definition) is 3. The van der Waals surface area contributed by atoms with Gasteiger partial charge in [-0.2, -0.15) is 15.4 Å². The number of hydrogen-bond donors (Lipinski definition) is 1. The zero-order valence-corrected chi connectivity index (χ0v) is 7.24. The summed E-state index contributed by atoms with van der Waals surface area (Å²) in [4.78, 5) is 10.7. The number of fused-ring (bicyclic) bond motifs is 1. The van der Waals surface area contributed by atoms with E-state index in [1.807, 2.05) is 19.1 Å². The Kier molecular flexibility index (Phi) is 1.81. The van der Waals surface area contributed by atoms with Crippen LogP contribution in [0.25, 0.3) is 11.0 Å². The summed E-state index contributed by atoms with van der Waals surface area (Å²) in [7, 11) is 0. The molecule has 0 atom stereocenters. The topological polar surface area (TPSA) is 58.6 Å². The molecule has 0 unspecified atom stereocenters. The van der Waals surface area contributed by atoms with Crippen LogP contribution in [0.3, 0.4) is 0 Å². The number of aryl methyl sites for hydroxylation is 1. The van der Waals surface area contributed by atoms with Crippen molar-refractivity contribution in [2.75, 3.05) is 0 Å². The molecule has 1 aromatic heterocycles. The van der Waals surface area contributed by atoms with Gasteiger partial charge in [0.25, 0.3) is 0 Å². The van der Waals surface area contributed by atoms with Crippen molar-refractivity contribution in [1.29, 1.82) is 0 Å². The van der Waals surface area contributed by atoms with E-state index in [0.717, 1.165) is 23.8 Å². The van der Waals surface area contributed by atoms with Gasteiger partial charge in [-0.05, 0) is 24.1 Å². The zero-order chi connectivity index (χ0) is 9.26. The van der Waals surface area contributed by atoms with Crippen LogP contribution in [0, 0.1) is 0 Å². The Hall–Kier alpha value is -1.71. The first-order valence-corrected chi connectivity index (χ1v) is 4.13. The molecule has 0 bridgehead atoms. The number of nitrogens with one attached hydrogen (secondary N) is 1. The van der Waals surface area contributed by atoms with Crippen LogP contribution in [0.2, 0.25) is 0 Å². The third-order valence-corrected chi connectivity index (χ3v) is 2.05. The van der Waals surface area contributed by atoms with Gasteiger partial charge in [0.15, 0.2) is 6.29 Å². The minimum atomic E-state index is 0. The van der Waals surface area contributed by atoms with Gasteiger partial charge in [-0.25, -0.2) is 0 Å². The molecule has 13 heavy (non-hydrogen) atoms. The predicted octanol–water partition coefficient (Wildman–Crippen LogP) is 1.58. The molecule has 0 aliphatic carbocycles. The molecular weight excluding hydrogens is 166 g/mol. The van der Waals surface area contributed by atoms with E-state index >= 15 is 0 Å².